The molecular formula is C14H20N2O. The molecule has 1 saturated heterocycles. The zero-order valence-corrected chi connectivity index (χ0v) is 10.1. The summed E-state index contributed by atoms with van der Waals surface area (Å²) in [4.78, 5) is 2.52. The molecule has 3 heteroatoms. The van der Waals surface area contributed by atoms with E-state index in [9.17, 15) is 0 Å². The maximum atomic E-state index is 5.75. The van der Waals surface area contributed by atoms with E-state index in [-0.39, 0.29) is 0 Å². The lowest BCUT2D eigenvalue weighted by Gasteiger charge is -2.32. The monoisotopic (exact) mass is 232 g/mol. The van der Waals surface area contributed by atoms with Gasteiger partial charge in [-0.15, -0.1) is 0 Å². The Hall–Kier alpha value is -1.22. The van der Waals surface area contributed by atoms with Gasteiger partial charge in [-0.05, 0) is 37.1 Å². The SMILES string of the molecule is Nc1ccc(N2CCOC[C@H]3CCC[C@H]32)cc1. The summed E-state index contributed by atoms with van der Waals surface area (Å²) in [5, 5.41) is 0. The van der Waals surface area contributed by atoms with Crippen molar-refractivity contribution in [2.24, 2.45) is 5.92 Å². The fraction of sp³-hybridized carbons (Fsp3) is 0.571. The fourth-order valence-corrected chi connectivity index (χ4v) is 3.17. The Bertz CT molecular complexity index is 376. The average Bonchev–Trinajstić information content (AvgIpc) is 2.71. The normalized spacial score (nSPS) is 28.8. The summed E-state index contributed by atoms with van der Waals surface area (Å²) in [5.74, 6) is 0.718. The molecule has 2 atom stereocenters. The van der Waals surface area contributed by atoms with Gasteiger partial charge in [-0.3, -0.25) is 0 Å². The summed E-state index contributed by atoms with van der Waals surface area (Å²) in [6.07, 6.45) is 3.96. The van der Waals surface area contributed by atoms with Crippen molar-refractivity contribution in [1.82, 2.24) is 0 Å². The predicted octanol–water partition coefficient (Wildman–Crippen LogP) is 2.27. The molecule has 1 heterocycles. The van der Waals surface area contributed by atoms with Crippen LogP contribution < -0.4 is 10.6 Å². The molecule has 1 aliphatic carbocycles. The molecule has 1 saturated carbocycles. The number of nitrogens with zero attached hydrogens (tertiary/aromatic N) is 1. The zero-order valence-electron chi connectivity index (χ0n) is 10.1. The summed E-state index contributed by atoms with van der Waals surface area (Å²) < 4.78 is 5.72. The number of ether oxygens (including phenoxy) is 1. The van der Waals surface area contributed by atoms with Gasteiger partial charge in [0.15, 0.2) is 0 Å². The van der Waals surface area contributed by atoms with Crippen molar-refractivity contribution in [2.75, 3.05) is 30.4 Å². The Kier molecular flexibility index (Phi) is 2.93. The van der Waals surface area contributed by atoms with E-state index in [2.05, 4.69) is 17.0 Å². The first-order valence-corrected chi connectivity index (χ1v) is 6.54. The fourth-order valence-electron chi connectivity index (χ4n) is 3.17. The standard InChI is InChI=1S/C14H20N2O/c15-12-4-6-13(7-5-12)16-8-9-17-10-11-2-1-3-14(11)16/h4-7,11,14H,1-3,8-10,15H2/t11-,14-/m1/s1. The van der Waals surface area contributed by atoms with Gasteiger partial charge in [0.05, 0.1) is 13.2 Å². The van der Waals surface area contributed by atoms with E-state index in [0.29, 0.717) is 6.04 Å². The highest BCUT2D eigenvalue weighted by Crippen LogP contribution is 2.34. The average molecular weight is 232 g/mol. The van der Waals surface area contributed by atoms with Gasteiger partial charge in [-0.25, -0.2) is 0 Å². The van der Waals surface area contributed by atoms with Crippen molar-refractivity contribution in [1.29, 1.82) is 0 Å². The molecule has 0 bridgehead atoms. The van der Waals surface area contributed by atoms with Crippen LogP contribution in [0.5, 0.6) is 0 Å². The second kappa shape index (κ2) is 4.57. The van der Waals surface area contributed by atoms with Gasteiger partial charge in [0.1, 0.15) is 0 Å². The number of fused-ring (bicyclic) bond motifs is 1. The number of benzene rings is 1. The zero-order chi connectivity index (χ0) is 11.7. The van der Waals surface area contributed by atoms with Crippen LogP contribution in [-0.2, 0) is 4.74 Å². The number of nitrogen functional groups attached to an aromatic ring is 1. The minimum absolute atomic E-state index is 0.668. The lowest BCUT2D eigenvalue weighted by molar-refractivity contribution is 0.121. The van der Waals surface area contributed by atoms with Gasteiger partial charge in [-0.2, -0.15) is 0 Å². The highest BCUT2D eigenvalue weighted by Gasteiger charge is 2.34. The van der Waals surface area contributed by atoms with Crippen LogP contribution in [0.15, 0.2) is 24.3 Å². The minimum Gasteiger partial charge on any atom is -0.399 e. The second-order valence-electron chi connectivity index (χ2n) is 5.12. The smallest absolute Gasteiger partial charge is 0.0641 e. The lowest BCUT2D eigenvalue weighted by Crippen LogP contribution is -2.38. The van der Waals surface area contributed by atoms with E-state index >= 15 is 0 Å². The minimum atomic E-state index is 0.668. The van der Waals surface area contributed by atoms with Crippen molar-refractivity contribution < 1.29 is 4.74 Å². The molecular weight excluding hydrogens is 212 g/mol. The molecule has 0 aromatic heterocycles. The van der Waals surface area contributed by atoms with Crippen LogP contribution in [-0.4, -0.2) is 25.8 Å². The molecule has 0 unspecified atom stereocenters. The third-order valence-corrected chi connectivity index (χ3v) is 4.05. The Balaban J connectivity index is 1.86. The van der Waals surface area contributed by atoms with Crippen LogP contribution in [0.3, 0.4) is 0 Å². The summed E-state index contributed by atoms with van der Waals surface area (Å²) in [6, 6.07) is 8.92. The first-order chi connectivity index (χ1) is 8.34. The van der Waals surface area contributed by atoms with Crippen LogP contribution in [0.2, 0.25) is 0 Å². The summed E-state index contributed by atoms with van der Waals surface area (Å²) in [5.41, 5.74) is 7.88. The van der Waals surface area contributed by atoms with Gasteiger partial charge in [-0.1, -0.05) is 6.42 Å². The molecule has 1 aromatic rings. The maximum absolute atomic E-state index is 5.75. The molecule has 2 N–H and O–H groups in total. The Morgan fingerprint density at radius 3 is 2.82 bits per heavy atom. The second-order valence-corrected chi connectivity index (χ2v) is 5.12. The van der Waals surface area contributed by atoms with Crippen molar-refractivity contribution in [2.45, 2.75) is 25.3 Å². The van der Waals surface area contributed by atoms with Crippen LogP contribution in [0.1, 0.15) is 19.3 Å². The van der Waals surface area contributed by atoms with Crippen molar-refractivity contribution >= 4 is 11.4 Å². The molecule has 1 aromatic carbocycles. The van der Waals surface area contributed by atoms with Crippen LogP contribution in [0.25, 0.3) is 0 Å². The predicted molar refractivity (Wildman–Crippen MR) is 70.1 cm³/mol. The highest BCUT2D eigenvalue weighted by molar-refractivity contribution is 5.54. The highest BCUT2D eigenvalue weighted by atomic mass is 16.5. The van der Waals surface area contributed by atoms with Gasteiger partial charge < -0.3 is 15.4 Å². The lowest BCUT2D eigenvalue weighted by atomic mass is 10.0. The van der Waals surface area contributed by atoms with E-state index in [4.69, 9.17) is 10.5 Å². The van der Waals surface area contributed by atoms with Gasteiger partial charge in [0.2, 0.25) is 0 Å². The van der Waals surface area contributed by atoms with E-state index in [1.165, 1.54) is 24.9 Å². The largest absolute Gasteiger partial charge is 0.399 e. The van der Waals surface area contributed by atoms with E-state index < -0.39 is 0 Å². The molecule has 92 valence electrons. The first-order valence-electron chi connectivity index (χ1n) is 6.54. The molecule has 0 spiro atoms. The number of hydrogen-bond donors (Lipinski definition) is 1. The molecule has 2 aliphatic rings. The quantitative estimate of drug-likeness (QED) is 0.755. The number of anilines is 2. The van der Waals surface area contributed by atoms with Crippen LogP contribution >= 0.6 is 0 Å². The molecule has 0 radical (unpaired) electrons. The third-order valence-electron chi connectivity index (χ3n) is 4.05. The number of nitrogens with two attached hydrogens (primary N) is 1. The third kappa shape index (κ3) is 2.12. The van der Waals surface area contributed by atoms with Crippen molar-refractivity contribution in [3.8, 4) is 0 Å². The first kappa shape index (κ1) is 10.9. The molecule has 0 amide bonds. The summed E-state index contributed by atoms with van der Waals surface area (Å²) >= 11 is 0. The number of hydrogen-bond acceptors (Lipinski definition) is 3. The molecule has 17 heavy (non-hydrogen) atoms. The van der Waals surface area contributed by atoms with Crippen LogP contribution in [0.4, 0.5) is 11.4 Å². The van der Waals surface area contributed by atoms with E-state index in [0.717, 1.165) is 31.4 Å². The topological polar surface area (TPSA) is 38.5 Å². The summed E-state index contributed by atoms with van der Waals surface area (Å²) in [6.45, 7) is 2.79. The molecule has 3 rings (SSSR count). The van der Waals surface area contributed by atoms with Gasteiger partial charge in [0.25, 0.3) is 0 Å². The molecule has 3 nitrogen and oxygen atoms in total. The van der Waals surface area contributed by atoms with Gasteiger partial charge >= 0.3 is 0 Å². The van der Waals surface area contributed by atoms with Crippen molar-refractivity contribution in [3.05, 3.63) is 24.3 Å². The Labute approximate surface area is 103 Å². The molecule has 1 aliphatic heterocycles. The Morgan fingerprint density at radius 1 is 1.18 bits per heavy atom. The summed E-state index contributed by atoms with van der Waals surface area (Å²) in [7, 11) is 0. The van der Waals surface area contributed by atoms with E-state index in [1.807, 2.05) is 12.1 Å². The number of rotatable bonds is 1. The maximum Gasteiger partial charge on any atom is 0.0641 e. The van der Waals surface area contributed by atoms with Gasteiger partial charge in [0, 0.05) is 29.9 Å². The Morgan fingerprint density at radius 2 is 2.00 bits per heavy atom. The molecule has 2 fully saturated rings. The van der Waals surface area contributed by atoms with Crippen molar-refractivity contribution in [3.63, 3.8) is 0 Å². The van der Waals surface area contributed by atoms with E-state index in [1.54, 1.807) is 0 Å². The van der Waals surface area contributed by atoms with Crippen LogP contribution in [0, 0.1) is 5.92 Å².